The third-order valence-electron chi connectivity index (χ3n) is 2.37. The number of methoxy groups -OCH3 is 1. The maximum absolute atomic E-state index is 11.3. The van der Waals surface area contributed by atoms with Crippen molar-refractivity contribution in [2.24, 2.45) is 0 Å². The van der Waals surface area contributed by atoms with Crippen LogP contribution < -0.4 is 15.0 Å². The molecule has 1 aromatic rings. The molecule has 0 saturated heterocycles. The molecule has 2 rings (SSSR count). The van der Waals surface area contributed by atoms with Gasteiger partial charge < -0.3 is 15.0 Å². The van der Waals surface area contributed by atoms with Crippen molar-refractivity contribution in [2.75, 3.05) is 30.9 Å². The first-order valence-electron chi connectivity index (χ1n) is 4.76. The number of aromatic nitrogens is 1. The molecule has 1 aliphatic rings. The molecule has 0 bridgehead atoms. The molecule has 5 nitrogen and oxygen atoms in total. The van der Waals surface area contributed by atoms with E-state index >= 15 is 0 Å². The molecule has 0 aromatic carbocycles. The highest BCUT2D eigenvalue weighted by Gasteiger charge is 2.18. The fraction of sp³-hybridized carbons (Fsp3) is 0.400. The van der Waals surface area contributed by atoms with Crippen LogP contribution in [0.4, 0.5) is 11.5 Å². The molecule has 0 saturated carbocycles. The van der Waals surface area contributed by atoms with Crippen molar-refractivity contribution < 1.29 is 9.53 Å². The lowest BCUT2D eigenvalue weighted by Gasteiger charge is -2.17. The Balaban J connectivity index is 2.43. The second-order valence-corrected chi connectivity index (χ2v) is 3.44. The molecular weight excluding hydrogens is 194 g/mol. The van der Waals surface area contributed by atoms with Crippen molar-refractivity contribution in [3.05, 3.63) is 12.1 Å². The largest absolute Gasteiger partial charge is 0.481 e. The number of hydrogen-bond acceptors (Lipinski definition) is 4. The minimum absolute atomic E-state index is 0.0209. The summed E-state index contributed by atoms with van der Waals surface area (Å²) in [7, 11) is 3.48. The van der Waals surface area contributed by atoms with E-state index in [4.69, 9.17) is 4.74 Å². The summed E-state index contributed by atoms with van der Waals surface area (Å²) in [6, 6.07) is 3.54. The van der Waals surface area contributed by atoms with E-state index < -0.39 is 0 Å². The number of nitrogens with zero attached hydrogens (tertiary/aromatic N) is 2. The molecule has 0 fully saturated rings. The lowest BCUT2D eigenvalue weighted by atomic mass is 10.3. The van der Waals surface area contributed by atoms with Gasteiger partial charge in [-0.15, -0.1) is 0 Å². The number of amides is 1. The predicted molar refractivity (Wildman–Crippen MR) is 57.3 cm³/mol. The molecule has 15 heavy (non-hydrogen) atoms. The second-order valence-electron chi connectivity index (χ2n) is 3.44. The molecule has 80 valence electrons. The van der Waals surface area contributed by atoms with Gasteiger partial charge >= 0.3 is 0 Å². The topological polar surface area (TPSA) is 54.5 Å². The lowest BCUT2D eigenvalue weighted by Crippen LogP contribution is -2.19. The second kappa shape index (κ2) is 3.76. The first-order valence-corrected chi connectivity index (χ1v) is 4.76. The fourth-order valence-corrected chi connectivity index (χ4v) is 1.52. The van der Waals surface area contributed by atoms with Crippen LogP contribution in [0, 0.1) is 0 Å². The Morgan fingerprint density at radius 1 is 1.53 bits per heavy atom. The number of carbonyl (C=O) groups is 1. The SMILES string of the molecule is COc1ccc2c(n1)N(C)CCC(=O)N2. The number of carbonyl (C=O) groups excluding carboxylic acids is 1. The summed E-state index contributed by atoms with van der Waals surface area (Å²) in [6.45, 7) is 0.666. The molecule has 1 aliphatic heterocycles. The van der Waals surface area contributed by atoms with Crippen LogP contribution >= 0.6 is 0 Å². The smallest absolute Gasteiger partial charge is 0.226 e. The van der Waals surface area contributed by atoms with Gasteiger partial charge in [0.2, 0.25) is 11.8 Å². The zero-order valence-corrected chi connectivity index (χ0v) is 8.78. The van der Waals surface area contributed by atoms with Crippen molar-refractivity contribution in [1.29, 1.82) is 0 Å². The number of anilines is 2. The van der Waals surface area contributed by atoms with Gasteiger partial charge in [0.05, 0.1) is 12.8 Å². The van der Waals surface area contributed by atoms with Gasteiger partial charge in [0, 0.05) is 26.1 Å². The molecule has 2 heterocycles. The van der Waals surface area contributed by atoms with E-state index in [2.05, 4.69) is 10.3 Å². The van der Waals surface area contributed by atoms with Crippen LogP contribution in [0.5, 0.6) is 5.88 Å². The van der Waals surface area contributed by atoms with Gasteiger partial charge in [-0.05, 0) is 6.07 Å². The van der Waals surface area contributed by atoms with Gasteiger partial charge in [0.15, 0.2) is 5.82 Å². The van der Waals surface area contributed by atoms with Crippen molar-refractivity contribution >= 4 is 17.4 Å². The van der Waals surface area contributed by atoms with E-state index in [1.807, 2.05) is 11.9 Å². The van der Waals surface area contributed by atoms with Crippen LogP contribution in [0.1, 0.15) is 6.42 Å². The number of ether oxygens (including phenoxy) is 1. The van der Waals surface area contributed by atoms with Gasteiger partial charge in [-0.2, -0.15) is 4.98 Å². The number of fused-ring (bicyclic) bond motifs is 1. The van der Waals surface area contributed by atoms with Gasteiger partial charge in [-0.1, -0.05) is 0 Å². The van der Waals surface area contributed by atoms with Crippen LogP contribution in [-0.2, 0) is 4.79 Å². The summed E-state index contributed by atoms with van der Waals surface area (Å²) < 4.78 is 5.05. The van der Waals surface area contributed by atoms with Crippen LogP contribution in [0.2, 0.25) is 0 Å². The Labute approximate surface area is 88.1 Å². The van der Waals surface area contributed by atoms with E-state index in [-0.39, 0.29) is 5.91 Å². The molecule has 0 atom stereocenters. The fourth-order valence-electron chi connectivity index (χ4n) is 1.52. The van der Waals surface area contributed by atoms with Gasteiger partial charge in [0.1, 0.15) is 0 Å². The minimum Gasteiger partial charge on any atom is -0.481 e. The van der Waals surface area contributed by atoms with Crippen molar-refractivity contribution in [1.82, 2.24) is 4.98 Å². The summed E-state index contributed by atoms with van der Waals surface area (Å²) >= 11 is 0. The van der Waals surface area contributed by atoms with Crippen molar-refractivity contribution in [2.45, 2.75) is 6.42 Å². The van der Waals surface area contributed by atoms with Gasteiger partial charge in [-0.3, -0.25) is 4.79 Å². The quantitative estimate of drug-likeness (QED) is 0.742. The number of pyridine rings is 1. The Morgan fingerprint density at radius 3 is 3.07 bits per heavy atom. The first-order chi connectivity index (χ1) is 7.20. The van der Waals surface area contributed by atoms with E-state index in [1.54, 1.807) is 19.2 Å². The minimum atomic E-state index is 0.0209. The predicted octanol–water partition coefficient (Wildman–Crippen LogP) is 0.869. The summed E-state index contributed by atoms with van der Waals surface area (Å²) in [6.07, 6.45) is 0.481. The van der Waals surface area contributed by atoms with Crippen LogP contribution in [0.15, 0.2) is 12.1 Å². The van der Waals surface area contributed by atoms with Crippen molar-refractivity contribution in [3.63, 3.8) is 0 Å². The standard InChI is InChI=1S/C10H13N3O2/c1-13-6-5-8(14)11-7-3-4-9(15-2)12-10(7)13/h3-4H,5-6H2,1-2H3,(H,11,14). The molecule has 1 aromatic heterocycles. The maximum Gasteiger partial charge on any atom is 0.226 e. The molecule has 1 N–H and O–H groups in total. The lowest BCUT2D eigenvalue weighted by molar-refractivity contribution is -0.115. The van der Waals surface area contributed by atoms with E-state index in [0.29, 0.717) is 18.8 Å². The van der Waals surface area contributed by atoms with Gasteiger partial charge in [-0.25, -0.2) is 0 Å². The first kappa shape index (κ1) is 9.76. The summed E-state index contributed by atoms with van der Waals surface area (Å²) in [5.74, 6) is 1.32. The Kier molecular flexibility index (Phi) is 2.45. The number of hydrogen-bond donors (Lipinski definition) is 1. The molecule has 5 heteroatoms. The third-order valence-corrected chi connectivity index (χ3v) is 2.37. The van der Waals surface area contributed by atoms with E-state index in [1.165, 1.54) is 0 Å². The average Bonchev–Trinajstić information content (AvgIpc) is 2.39. The monoisotopic (exact) mass is 207 g/mol. The molecule has 0 unspecified atom stereocenters. The van der Waals surface area contributed by atoms with E-state index in [0.717, 1.165) is 11.5 Å². The Hall–Kier alpha value is -1.78. The third kappa shape index (κ3) is 1.86. The van der Waals surface area contributed by atoms with Crippen LogP contribution in [-0.4, -0.2) is 31.6 Å². The van der Waals surface area contributed by atoms with E-state index in [9.17, 15) is 4.79 Å². The highest BCUT2D eigenvalue weighted by molar-refractivity contribution is 5.95. The van der Waals surface area contributed by atoms with Gasteiger partial charge in [0.25, 0.3) is 0 Å². The van der Waals surface area contributed by atoms with Crippen molar-refractivity contribution in [3.8, 4) is 5.88 Å². The zero-order chi connectivity index (χ0) is 10.8. The molecule has 0 spiro atoms. The number of rotatable bonds is 1. The Bertz CT molecular complexity index is 392. The molecule has 0 radical (unpaired) electrons. The van der Waals surface area contributed by atoms with Crippen LogP contribution in [0.3, 0.4) is 0 Å². The highest BCUT2D eigenvalue weighted by atomic mass is 16.5. The molecule has 1 amide bonds. The highest BCUT2D eigenvalue weighted by Crippen LogP contribution is 2.27. The molecule has 0 aliphatic carbocycles. The summed E-state index contributed by atoms with van der Waals surface area (Å²) in [5.41, 5.74) is 0.737. The average molecular weight is 207 g/mol. The Morgan fingerprint density at radius 2 is 2.33 bits per heavy atom. The van der Waals surface area contributed by atoms with Crippen LogP contribution in [0.25, 0.3) is 0 Å². The summed E-state index contributed by atoms with van der Waals surface area (Å²) in [4.78, 5) is 17.6. The zero-order valence-electron chi connectivity index (χ0n) is 8.78. The maximum atomic E-state index is 11.3. The number of nitrogens with one attached hydrogen (secondary N) is 1. The summed E-state index contributed by atoms with van der Waals surface area (Å²) in [5, 5.41) is 2.81. The molecular formula is C10H13N3O2. The normalized spacial score (nSPS) is 15.3.